The van der Waals surface area contributed by atoms with Crippen LogP contribution in [0.1, 0.15) is 60.7 Å². The maximum Gasteiger partial charge on any atom is 0.485 e. The fourth-order valence-corrected chi connectivity index (χ4v) is 5.04. The minimum Gasteiger partial charge on any atom is -0.741 e. The number of nitrogens with zero attached hydrogens (tertiary/aromatic N) is 1. The van der Waals surface area contributed by atoms with Crippen LogP contribution in [0.4, 0.5) is 24.5 Å². The summed E-state index contributed by atoms with van der Waals surface area (Å²) in [6.45, 7) is 12.6. The quantitative estimate of drug-likeness (QED) is 0.167. The van der Waals surface area contributed by atoms with Crippen LogP contribution in [0, 0.1) is 0 Å². The summed E-state index contributed by atoms with van der Waals surface area (Å²) in [7, 11) is -4.66. The number of ether oxygens (including phenoxy) is 2. The molecule has 12 heteroatoms. The number of alkyl halides is 3. The van der Waals surface area contributed by atoms with E-state index < -0.39 is 15.6 Å². The van der Waals surface area contributed by atoms with Gasteiger partial charge in [-0.3, -0.25) is 0 Å². The Balaban J connectivity index is 0.000000531. The first kappa shape index (κ1) is 32.9. The molecule has 0 aromatic heterocycles. The summed E-state index contributed by atoms with van der Waals surface area (Å²) in [4.78, 5) is 16.4. The third-order valence-corrected chi connectivity index (χ3v) is 7.77. The van der Waals surface area contributed by atoms with E-state index in [1.165, 1.54) is 17.7 Å². The van der Waals surface area contributed by atoms with Gasteiger partial charge in [0.05, 0.1) is 25.8 Å². The van der Waals surface area contributed by atoms with E-state index in [4.69, 9.17) is 22.4 Å². The van der Waals surface area contributed by atoms with E-state index in [1.807, 2.05) is 24.3 Å². The van der Waals surface area contributed by atoms with Gasteiger partial charge in [-0.15, -0.1) is 0 Å². The molecule has 0 radical (unpaired) electrons. The van der Waals surface area contributed by atoms with Gasteiger partial charge in [0.1, 0.15) is 17.2 Å². The number of quaternary nitrogens is 1. The first-order chi connectivity index (χ1) is 19.8. The molecule has 1 N–H and O–H groups in total. The summed E-state index contributed by atoms with van der Waals surface area (Å²) >= 11 is 0. The highest BCUT2D eigenvalue weighted by molar-refractivity contribution is 7.86. The van der Waals surface area contributed by atoms with Gasteiger partial charge in [0.25, 0.3) is 0 Å². The molecule has 0 fully saturated rings. The molecule has 1 aliphatic heterocycles. The van der Waals surface area contributed by atoms with Crippen molar-refractivity contribution in [1.29, 1.82) is 0 Å². The van der Waals surface area contributed by atoms with Crippen molar-refractivity contribution in [2.45, 2.75) is 39.1 Å². The van der Waals surface area contributed by atoms with Crippen molar-refractivity contribution in [3.63, 3.8) is 0 Å². The average Bonchev–Trinajstić information content (AvgIpc) is 2.96. The van der Waals surface area contributed by atoms with Gasteiger partial charge in [-0.2, -0.15) is 13.2 Å². The molecule has 0 aliphatic carbocycles. The normalized spacial score (nSPS) is 14.2. The molecule has 8 nitrogen and oxygen atoms in total. The SMILES string of the molecule is CCN(CC)c1ccc2c(c1)Oc1cc([NH+](CC)CC)ccc1C2c1ccccc1C(=O)OC.O=S(=O)([O-])C(F)(F)F. The number of benzene rings is 3. The lowest BCUT2D eigenvalue weighted by Gasteiger charge is -2.31. The number of hydrogen-bond acceptors (Lipinski definition) is 7. The van der Waals surface area contributed by atoms with Gasteiger partial charge in [-0.1, -0.05) is 24.3 Å². The van der Waals surface area contributed by atoms with Crippen molar-refractivity contribution < 1.29 is 45.3 Å². The predicted octanol–water partition coefficient (Wildman–Crippen LogP) is 5.21. The zero-order valence-electron chi connectivity index (χ0n) is 24.1. The Morgan fingerprint density at radius 1 is 0.929 bits per heavy atom. The summed E-state index contributed by atoms with van der Waals surface area (Å²) in [6, 6.07) is 20.7. The standard InChI is InChI=1S/C29H34N2O3.CHF3O3S/c1-6-30(7-2)20-14-16-24-26(18-20)34-27-19-21(31(8-3)9-4)15-17-25(27)28(24)22-12-10-11-13-23(22)29(32)33-5;2-1(3,4)8(5,6)7/h10-19,28H,6-9H2,1-5H3;(H,5,6,7). The first-order valence-electron chi connectivity index (χ1n) is 13.6. The highest BCUT2D eigenvalue weighted by Gasteiger charge is 2.37. The van der Waals surface area contributed by atoms with E-state index in [-0.39, 0.29) is 11.9 Å². The molecule has 0 bridgehead atoms. The molecule has 42 heavy (non-hydrogen) atoms. The molecule has 4 rings (SSSR count). The maximum absolute atomic E-state index is 12.7. The lowest BCUT2D eigenvalue weighted by atomic mass is 9.80. The number of fused-ring (bicyclic) bond motifs is 2. The molecule has 1 atom stereocenters. The summed E-state index contributed by atoms with van der Waals surface area (Å²) in [6.07, 6.45) is 0. The van der Waals surface area contributed by atoms with Crippen molar-refractivity contribution in [3.05, 3.63) is 82.9 Å². The number of carbonyl (C=O) groups is 1. The van der Waals surface area contributed by atoms with Gasteiger partial charge in [-0.25, -0.2) is 13.2 Å². The van der Waals surface area contributed by atoms with Crippen LogP contribution in [0.15, 0.2) is 60.7 Å². The number of halogens is 3. The average molecular weight is 609 g/mol. The van der Waals surface area contributed by atoms with Crippen molar-refractivity contribution in [3.8, 4) is 11.5 Å². The van der Waals surface area contributed by atoms with Gasteiger partial charge in [0, 0.05) is 48.0 Å². The number of anilines is 1. The van der Waals surface area contributed by atoms with E-state index in [2.05, 4.69) is 69.0 Å². The summed E-state index contributed by atoms with van der Waals surface area (Å²) in [5.74, 6) is 1.24. The zero-order chi connectivity index (χ0) is 31.2. The van der Waals surface area contributed by atoms with Crippen LogP contribution >= 0.6 is 0 Å². The second-order valence-corrected chi connectivity index (χ2v) is 10.8. The Labute approximate surface area is 244 Å². The Morgan fingerprint density at radius 3 is 2.00 bits per heavy atom. The maximum atomic E-state index is 12.7. The zero-order valence-corrected chi connectivity index (χ0v) is 24.9. The third-order valence-electron chi connectivity index (χ3n) is 7.20. The molecule has 1 heterocycles. The van der Waals surface area contributed by atoms with Crippen molar-refractivity contribution >= 4 is 27.5 Å². The monoisotopic (exact) mass is 608 g/mol. The number of rotatable bonds is 8. The summed E-state index contributed by atoms with van der Waals surface area (Å²) in [5.41, 5.74) is 0.341. The molecular weight excluding hydrogens is 573 g/mol. The molecule has 0 saturated carbocycles. The van der Waals surface area contributed by atoms with Crippen LogP contribution in [-0.4, -0.2) is 57.7 Å². The smallest absolute Gasteiger partial charge is 0.485 e. The molecule has 1 aliphatic rings. The van der Waals surface area contributed by atoms with Crippen LogP contribution in [0.5, 0.6) is 11.5 Å². The Hall–Kier alpha value is -3.61. The first-order valence-corrected chi connectivity index (χ1v) is 15.0. The minimum atomic E-state index is -6.09. The van der Waals surface area contributed by atoms with Gasteiger partial charge >= 0.3 is 11.5 Å². The topological polar surface area (TPSA) is 100 Å². The minimum absolute atomic E-state index is 0.124. The number of nitrogens with one attached hydrogen (secondary N) is 1. The third kappa shape index (κ3) is 7.05. The number of esters is 1. The van der Waals surface area contributed by atoms with Crippen molar-refractivity contribution in [1.82, 2.24) is 0 Å². The largest absolute Gasteiger partial charge is 0.741 e. The molecule has 228 valence electrons. The van der Waals surface area contributed by atoms with Gasteiger partial charge in [0.2, 0.25) is 0 Å². The highest BCUT2D eigenvalue weighted by Crippen LogP contribution is 2.49. The van der Waals surface area contributed by atoms with Crippen molar-refractivity contribution in [2.75, 3.05) is 38.2 Å². The van der Waals surface area contributed by atoms with Crippen LogP contribution in [-0.2, 0) is 14.9 Å². The molecule has 1 unspecified atom stereocenters. The van der Waals surface area contributed by atoms with Crippen LogP contribution in [0.25, 0.3) is 0 Å². The van der Waals surface area contributed by atoms with E-state index in [0.717, 1.165) is 60.1 Å². The van der Waals surface area contributed by atoms with Crippen LogP contribution in [0.3, 0.4) is 0 Å². The van der Waals surface area contributed by atoms with E-state index >= 15 is 0 Å². The van der Waals surface area contributed by atoms with Gasteiger partial charge in [0.15, 0.2) is 10.1 Å². The predicted molar refractivity (Wildman–Crippen MR) is 153 cm³/mol. The fraction of sp³-hybridized carbons (Fsp3) is 0.367. The molecule has 0 saturated heterocycles. The lowest BCUT2D eigenvalue weighted by Crippen LogP contribution is -3.06. The van der Waals surface area contributed by atoms with Crippen molar-refractivity contribution in [2.24, 2.45) is 0 Å². The van der Waals surface area contributed by atoms with Crippen LogP contribution < -0.4 is 14.5 Å². The van der Waals surface area contributed by atoms with E-state index in [1.54, 1.807) is 0 Å². The lowest BCUT2D eigenvalue weighted by molar-refractivity contribution is -0.828. The number of methoxy groups -OCH3 is 1. The molecule has 3 aromatic rings. The fourth-order valence-electron chi connectivity index (χ4n) is 5.04. The van der Waals surface area contributed by atoms with Gasteiger partial charge < -0.3 is 23.8 Å². The molecule has 0 amide bonds. The Bertz CT molecular complexity index is 1440. The Morgan fingerprint density at radius 2 is 1.48 bits per heavy atom. The summed E-state index contributed by atoms with van der Waals surface area (Å²) in [5, 5.41) is 0. The van der Waals surface area contributed by atoms with E-state index in [9.17, 15) is 18.0 Å². The molecule has 3 aromatic carbocycles. The number of hydrogen-bond donors (Lipinski definition) is 1. The number of carbonyl (C=O) groups excluding carboxylic acids is 1. The second kappa shape index (κ2) is 13.6. The molecule has 0 spiro atoms. The Kier molecular flexibility index (Phi) is 10.6. The summed E-state index contributed by atoms with van der Waals surface area (Å²) < 4.78 is 70.6. The van der Waals surface area contributed by atoms with Gasteiger partial charge in [-0.05, 0) is 57.5 Å². The molecular formula is C30H35F3N2O6S. The van der Waals surface area contributed by atoms with E-state index in [0.29, 0.717) is 5.56 Å². The van der Waals surface area contributed by atoms with Crippen LogP contribution in [0.2, 0.25) is 0 Å². The second-order valence-electron chi connectivity index (χ2n) is 9.47. The highest BCUT2D eigenvalue weighted by atomic mass is 32.2.